The Balaban J connectivity index is 1.36. The molecule has 0 aromatic heterocycles. The molecule has 0 spiro atoms. The largest absolute Gasteiger partial charge is 0.484 e. The molecule has 0 saturated carbocycles. The number of nitrogens with one attached hydrogen (secondary N) is 1. The van der Waals surface area contributed by atoms with Crippen LogP contribution >= 0.6 is 0 Å². The standard InChI is InChI=1S/C24H19NO2/c26-24(25-22-13-10-19-8-4-5-9-21(19)16-22)17-27-23-14-11-20(12-15-23)18-6-2-1-3-7-18/h1-16H,17H2,(H,25,26). The van der Waals surface area contributed by atoms with Crippen LogP contribution in [0.3, 0.4) is 0 Å². The highest BCUT2D eigenvalue weighted by molar-refractivity contribution is 5.95. The lowest BCUT2D eigenvalue weighted by Gasteiger charge is -2.09. The number of carbonyl (C=O) groups is 1. The Morgan fingerprint density at radius 1 is 0.704 bits per heavy atom. The summed E-state index contributed by atoms with van der Waals surface area (Å²) in [5.74, 6) is 0.487. The minimum absolute atomic E-state index is 0.0302. The van der Waals surface area contributed by atoms with Gasteiger partial charge in [-0.2, -0.15) is 0 Å². The lowest BCUT2D eigenvalue weighted by atomic mass is 10.1. The van der Waals surface area contributed by atoms with E-state index in [0.717, 1.165) is 27.6 Å². The zero-order chi connectivity index (χ0) is 18.5. The van der Waals surface area contributed by atoms with Gasteiger partial charge in [-0.3, -0.25) is 4.79 Å². The van der Waals surface area contributed by atoms with E-state index in [2.05, 4.69) is 17.4 Å². The maximum Gasteiger partial charge on any atom is 0.262 e. The summed E-state index contributed by atoms with van der Waals surface area (Å²) in [4.78, 5) is 12.2. The minimum atomic E-state index is -0.183. The maximum absolute atomic E-state index is 12.2. The summed E-state index contributed by atoms with van der Waals surface area (Å²) in [5.41, 5.74) is 3.03. The first kappa shape index (κ1) is 16.9. The van der Waals surface area contributed by atoms with Crippen LogP contribution in [0.1, 0.15) is 0 Å². The van der Waals surface area contributed by atoms with E-state index in [1.165, 1.54) is 0 Å². The summed E-state index contributed by atoms with van der Waals surface area (Å²) >= 11 is 0. The van der Waals surface area contributed by atoms with Crippen LogP contribution in [0.25, 0.3) is 21.9 Å². The molecule has 0 saturated heterocycles. The molecule has 0 bridgehead atoms. The van der Waals surface area contributed by atoms with Crippen molar-refractivity contribution in [2.45, 2.75) is 0 Å². The fourth-order valence-corrected chi connectivity index (χ4v) is 2.99. The molecular weight excluding hydrogens is 334 g/mol. The first-order chi connectivity index (χ1) is 13.3. The monoisotopic (exact) mass is 353 g/mol. The SMILES string of the molecule is O=C(COc1ccc(-c2ccccc2)cc1)Nc1ccc2ccccc2c1. The van der Waals surface area contributed by atoms with Crippen LogP contribution in [0.2, 0.25) is 0 Å². The van der Waals surface area contributed by atoms with Gasteiger partial charge in [0.05, 0.1) is 0 Å². The summed E-state index contributed by atoms with van der Waals surface area (Å²) in [6, 6.07) is 31.8. The van der Waals surface area contributed by atoms with Crippen LogP contribution in [0.5, 0.6) is 5.75 Å². The van der Waals surface area contributed by atoms with Crippen molar-refractivity contribution < 1.29 is 9.53 Å². The molecular formula is C24H19NO2. The Labute approximate surface area is 158 Å². The molecule has 0 heterocycles. The third kappa shape index (κ3) is 4.15. The quantitative estimate of drug-likeness (QED) is 0.513. The molecule has 27 heavy (non-hydrogen) atoms. The van der Waals surface area contributed by atoms with Gasteiger partial charge in [-0.1, -0.05) is 72.8 Å². The molecule has 4 aromatic carbocycles. The number of ether oxygens (including phenoxy) is 1. The highest BCUT2D eigenvalue weighted by atomic mass is 16.5. The maximum atomic E-state index is 12.2. The van der Waals surface area contributed by atoms with Gasteiger partial charge < -0.3 is 10.1 Å². The summed E-state index contributed by atoms with van der Waals surface area (Å²) < 4.78 is 5.61. The van der Waals surface area contributed by atoms with Crippen molar-refractivity contribution in [1.29, 1.82) is 0 Å². The average molecular weight is 353 g/mol. The van der Waals surface area contributed by atoms with Gasteiger partial charge in [-0.05, 0) is 46.2 Å². The van der Waals surface area contributed by atoms with Crippen LogP contribution < -0.4 is 10.1 Å². The molecule has 0 unspecified atom stereocenters. The summed E-state index contributed by atoms with van der Waals surface area (Å²) in [5, 5.41) is 5.11. The Morgan fingerprint density at radius 3 is 2.15 bits per heavy atom. The van der Waals surface area contributed by atoms with E-state index in [1.807, 2.05) is 84.9 Å². The third-order valence-electron chi connectivity index (χ3n) is 4.36. The predicted octanol–water partition coefficient (Wildman–Crippen LogP) is 5.52. The molecule has 0 radical (unpaired) electrons. The van der Waals surface area contributed by atoms with Gasteiger partial charge in [0, 0.05) is 5.69 Å². The number of hydrogen-bond acceptors (Lipinski definition) is 2. The van der Waals surface area contributed by atoms with Gasteiger partial charge in [0.2, 0.25) is 0 Å². The van der Waals surface area contributed by atoms with Crippen LogP contribution in [0, 0.1) is 0 Å². The first-order valence-corrected chi connectivity index (χ1v) is 8.85. The molecule has 3 nitrogen and oxygen atoms in total. The van der Waals surface area contributed by atoms with E-state index >= 15 is 0 Å². The van der Waals surface area contributed by atoms with Gasteiger partial charge in [0.25, 0.3) is 5.91 Å². The van der Waals surface area contributed by atoms with Crippen molar-refractivity contribution in [2.24, 2.45) is 0 Å². The first-order valence-electron chi connectivity index (χ1n) is 8.85. The number of carbonyl (C=O) groups excluding carboxylic acids is 1. The summed E-state index contributed by atoms with van der Waals surface area (Å²) in [7, 11) is 0. The van der Waals surface area contributed by atoms with Gasteiger partial charge in [0.15, 0.2) is 6.61 Å². The van der Waals surface area contributed by atoms with E-state index in [9.17, 15) is 4.79 Å². The van der Waals surface area contributed by atoms with Crippen LogP contribution in [-0.2, 0) is 4.79 Å². The second kappa shape index (κ2) is 7.75. The Kier molecular flexibility index (Phi) is 4.84. The van der Waals surface area contributed by atoms with Gasteiger partial charge >= 0.3 is 0 Å². The molecule has 0 aliphatic rings. The zero-order valence-electron chi connectivity index (χ0n) is 14.8. The van der Waals surface area contributed by atoms with E-state index in [4.69, 9.17) is 4.74 Å². The van der Waals surface area contributed by atoms with Crippen molar-refractivity contribution in [1.82, 2.24) is 0 Å². The summed E-state index contributed by atoms with van der Waals surface area (Å²) in [6.07, 6.45) is 0. The smallest absolute Gasteiger partial charge is 0.262 e. The number of benzene rings is 4. The second-order valence-electron chi connectivity index (χ2n) is 6.29. The number of hydrogen-bond donors (Lipinski definition) is 1. The van der Waals surface area contributed by atoms with Gasteiger partial charge in [-0.15, -0.1) is 0 Å². The molecule has 1 N–H and O–H groups in total. The lowest BCUT2D eigenvalue weighted by Crippen LogP contribution is -2.20. The van der Waals surface area contributed by atoms with Crippen LogP contribution in [0.15, 0.2) is 97.1 Å². The molecule has 0 fully saturated rings. The highest BCUT2D eigenvalue weighted by Crippen LogP contribution is 2.22. The average Bonchev–Trinajstić information content (AvgIpc) is 2.73. The predicted molar refractivity (Wildman–Crippen MR) is 110 cm³/mol. The fraction of sp³-hybridized carbons (Fsp3) is 0.0417. The van der Waals surface area contributed by atoms with E-state index in [0.29, 0.717) is 5.75 Å². The molecule has 132 valence electrons. The lowest BCUT2D eigenvalue weighted by molar-refractivity contribution is -0.118. The normalized spacial score (nSPS) is 10.5. The molecule has 0 atom stereocenters. The highest BCUT2D eigenvalue weighted by Gasteiger charge is 2.05. The van der Waals surface area contributed by atoms with Crippen molar-refractivity contribution >= 4 is 22.4 Å². The van der Waals surface area contributed by atoms with Crippen LogP contribution in [-0.4, -0.2) is 12.5 Å². The van der Waals surface area contributed by atoms with Crippen molar-refractivity contribution in [3.63, 3.8) is 0 Å². The Morgan fingerprint density at radius 2 is 1.37 bits per heavy atom. The Bertz CT molecular complexity index is 1060. The number of anilines is 1. The molecule has 0 aliphatic carbocycles. The molecule has 3 heteroatoms. The zero-order valence-corrected chi connectivity index (χ0v) is 14.8. The third-order valence-corrected chi connectivity index (χ3v) is 4.36. The second-order valence-corrected chi connectivity index (χ2v) is 6.29. The number of fused-ring (bicyclic) bond motifs is 1. The number of rotatable bonds is 5. The fourth-order valence-electron chi connectivity index (χ4n) is 2.99. The van der Waals surface area contributed by atoms with Crippen LogP contribution in [0.4, 0.5) is 5.69 Å². The van der Waals surface area contributed by atoms with E-state index < -0.39 is 0 Å². The molecule has 1 amide bonds. The van der Waals surface area contributed by atoms with E-state index in [1.54, 1.807) is 0 Å². The molecule has 0 aliphatic heterocycles. The summed E-state index contributed by atoms with van der Waals surface area (Å²) in [6.45, 7) is -0.0302. The minimum Gasteiger partial charge on any atom is -0.484 e. The topological polar surface area (TPSA) is 38.3 Å². The Hall–Kier alpha value is -3.59. The van der Waals surface area contributed by atoms with Gasteiger partial charge in [0.1, 0.15) is 5.75 Å². The van der Waals surface area contributed by atoms with E-state index in [-0.39, 0.29) is 12.5 Å². The van der Waals surface area contributed by atoms with Crippen molar-refractivity contribution in [3.8, 4) is 16.9 Å². The van der Waals surface area contributed by atoms with Crippen molar-refractivity contribution in [3.05, 3.63) is 97.1 Å². The molecule has 4 rings (SSSR count). The van der Waals surface area contributed by atoms with Crippen molar-refractivity contribution in [2.75, 3.05) is 11.9 Å². The van der Waals surface area contributed by atoms with Gasteiger partial charge in [-0.25, -0.2) is 0 Å². The molecule has 4 aromatic rings. The number of amides is 1.